The maximum Gasteiger partial charge on any atom is 0.234 e. The number of carbonyl (C=O) groups is 3. The van der Waals surface area contributed by atoms with Gasteiger partial charge in [-0.2, -0.15) is 0 Å². The smallest absolute Gasteiger partial charge is 0.234 e. The molecule has 0 unspecified atom stereocenters. The maximum atomic E-state index is 13.0. The van der Waals surface area contributed by atoms with Crippen LogP contribution in [0.4, 0.5) is 0 Å². The van der Waals surface area contributed by atoms with Crippen LogP contribution in [0.15, 0.2) is 42.0 Å². The molecule has 0 aromatic heterocycles. The lowest BCUT2D eigenvalue weighted by molar-refractivity contribution is -0.140. The number of fused-ring (bicyclic) bond motifs is 4. The molecular weight excluding hydrogens is 338 g/mol. The highest BCUT2D eigenvalue weighted by atomic mass is 16.2. The zero-order chi connectivity index (χ0) is 18.5. The van der Waals surface area contributed by atoms with E-state index < -0.39 is 0 Å². The van der Waals surface area contributed by atoms with Crippen LogP contribution in [0.25, 0.3) is 0 Å². The van der Waals surface area contributed by atoms with Gasteiger partial charge in [0.05, 0.1) is 18.4 Å². The lowest BCUT2D eigenvalue weighted by atomic mass is 9.58. The van der Waals surface area contributed by atoms with Crippen molar-refractivity contribution in [1.29, 1.82) is 0 Å². The van der Waals surface area contributed by atoms with Gasteiger partial charge in [0.1, 0.15) is 0 Å². The van der Waals surface area contributed by atoms with Gasteiger partial charge in [-0.1, -0.05) is 55.7 Å². The average molecular weight is 363 g/mol. The Morgan fingerprint density at radius 1 is 0.889 bits per heavy atom. The normalized spacial score (nSPS) is 34.7. The molecule has 4 atom stereocenters. The van der Waals surface area contributed by atoms with Crippen LogP contribution >= 0.6 is 0 Å². The fraction of sp³-hybridized carbons (Fsp3) is 0.522. The molecule has 4 fully saturated rings. The molecule has 0 spiro atoms. The van der Waals surface area contributed by atoms with Crippen molar-refractivity contribution in [2.24, 2.45) is 29.6 Å². The lowest BCUT2D eigenvalue weighted by Crippen LogP contribution is -2.46. The van der Waals surface area contributed by atoms with Gasteiger partial charge in [0.2, 0.25) is 11.8 Å². The highest BCUT2D eigenvalue weighted by Gasteiger charge is 2.68. The minimum absolute atomic E-state index is 0.0124. The van der Waals surface area contributed by atoms with Crippen molar-refractivity contribution in [1.82, 2.24) is 4.90 Å². The van der Waals surface area contributed by atoms with E-state index in [0.717, 1.165) is 24.0 Å². The Morgan fingerprint density at radius 3 is 2.33 bits per heavy atom. The van der Waals surface area contributed by atoms with Crippen molar-refractivity contribution in [2.75, 3.05) is 0 Å². The third kappa shape index (κ3) is 2.60. The number of hydrogen-bond acceptors (Lipinski definition) is 3. The molecule has 1 heterocycles. The van der Waals surface area contributed by atoms with Crippen molar-refractivity contribution in [3.05, 3.63) is 47.5 Å². The minimum atomic E-state index is -0.299. The molecule has 1 aromatic carbocycles. The number of carbonyl (C=O) groups excluding carboxylic acids is 3. The molecule has 1 saturated heterocycles. The highest BCUT2D eigenvalue weighted by Crippen LogP contribution is 2.60. The van der Waals surface area contributed by atoms with Crippen molar-refractivity contribution >= 4 is 17.6 Å². The molecule has 4 aliphatic rings. The van der Waals surface area contributed by atoms with Gasteiger partial charge in [0, 0.05) is 12.3 Å². The Hall–Kier alpha value is -2.23. The van der Waals surface area contributed by atoms with Gasteiger partial charge in [-0.25, -0.2) is 0 Å². The quantitative estimate of drug-likeness (QED) is 0.610. The van der Waals surface area contributed by atoms with Crippen molar-refractivity contribution in [2.45, 2.75) is 45.1 Å². The Labute approximate surface area is 159 Å². The maximum absolute atomic E-state index is 13.0. The highest BCUT2D eigenvalue weighted by molar-refractivity contribution is 6.11. The van der Waals surface area contributed by atoms with Gasteiger partial charge in [0.15, 0.2) is 5.78 Å². The summed E-state index contributed by atoms with van der Waals surface area (Å²) in [7, 11) is 0. The molecule has 0 bridgehead atoms. The summed E-state index contributed by atoms with van der Waals surface area (Å²) >= 11 is 0. The Balaban J connectivity index is 1.39. The fourth-order valence-corrected chi connectivity index (χ4v) is 5.82. The Bertz CT molecular complexity index is 821. The Kier molecular flexibility index (Phi) is 4.03. The van der Waals surface area contributed by atoms with Gasteiger partial charge >= 0.3 is 0 Å². The summed E-state index contributed by atoms with van der Waals surface area (Å²) in [6.07, 6.45) is 8.66. The molecule has 0 radical (unpaired) electrons. The van der Waals surface area contributed by atoms with Gasteiger partial charge in [-0.05, 0) is 35.8 Å². The second-order valence-corrected chi connectivity index (χ2v) is 8.64. The number of likely N-dealkylation sites (tertiary alicyclic amines) is 1. The zero-order valence-corrected chi connectivity index (χ0v) is 15.5. The zero-order valence-electron chi connectivity index (χ0n) is 15.5. The minimum Gasteiger partial charge on any atom is -0.295 e. The van der Waals surface area contributed by atoms with Crippen molar-refractivity contribution < 1.29 is 14.4 Å². The van der Waals surface area contributed by atoms with E-state index in [1.54, 1.807) is 0 Å². The van der Waals surface area contributed by atoms with Gasteiger partial charge in [0.25, 0.3) is 0 Å². The number of Topliss-reactive ketones (excluding diaryl/α,β-unsaturated/α-hetero) is 1. The third-order valence-corrected chi connectivity index (χ3v) is 7.15. The standard InChI is InChI=1S/C23H25NO3/c25-18-12-17-19(16(18)11-14-7-3-1-4-8-14)21-20(17)22(26)24(23(21)27)13-15-9-5-2-6-10-15/h2,5-6,9-11,14,17,19-21H,1,3-4,7-8,12-13H2/b16-11-/t17-,19+,20+,21-/m1/s1. The van der Waals surface area contributed by atoms with Gasteiger partial charge < -0.3 is 0 Å². The van der Waals surface area contributed by atoms with Crippen LogP contribution in [0.5, 0.6) is 0 Å². The van der Waals surface area contributed by atoms with E-state index in [9.17, 15) is 14.4 Å². The topological polar surface area (TPSA) is 54.5 Å². The molecule has 3 aliphatic carbocycles. The summed E-state index contributed by atoms with van der Waals surface area (Å²) in [5.41, 5.74) is 1.84. The van der Waals surface area contributed by atoms with E-state index in [-0.39, 0.29) is 41.3 Å². The van der Waals surface area contributed by atoms with Gasteiger partial charge in [-0.3, -0.25) is 19.3 Å². The van der Waals surface area contributed by atoms with E-state index in [1.165, 1.54) is 24.2 Å². The molecule has 1 aromatic rings. The van der Waals surface area contributed by atoms with E-state index >= 15 is 0 Å². The first-order valence-electron chi connectivity index (χ1n) is 10.3. The first-order valence-corrected chi connectivity index (χ1v) is 10.3. The van der Waals surface area contributed by atoms with Crippen LogP contribution in [-0.4, -0.2) is 22.5 Å². The van der Waals surface area contributed by atoms with Crippen molar-refractivity contribution in [3.8, 4) is 0 Å². The van der Waals surface area contributed by atoms with Crippen LogP contribution in [-0.2, 0) is 20.9 Å². The van der Waals surface area contributed by atoms with E-state index in [1.807, 2.05) is 30.3 Å². The molecular formula is C23H25NO3. The predicted molar refractivity (Wildman–Crippen MR) is 100 cm³/mol. The number of amides is 2. The van der Waals surface area contributed by atoms with Crippen LogP contribution in [0.2, 0.25) is 0 Å². The summed E-state index contributed by atoms with van der Waals surface area (Å²) in [6.45, 7) is 0.348. The molecule has 4 nitrogen and oxygen atoms in total. The van der Waals surface area contributed by atoms with Gasteiger partial charge in [-0.15, -0.1) is 0 Å². The number of hydrogen-bond donors (Lipinski definition) is 0. The summed E-state index contributed by atoms with van der Waals surface area (Å²) < 4.78 is 0. The molecule has 2 amide bonds. The summed E-state index contributed by atoms with van der Waals surface area (Å²) in [5, 5.41) is 0. The molecule has 1 aliphatic heterocycles. The first kappa shape index (κ1) is 16.9. The molecule has 0 N–H and O–H groups in total. The van der Waals surface area contributed by atoms with Crippen LogP contribution in [0.1, 0.15) is 44.1 Å². The second kappa shape index (κ2) is 6.43. The predicted octanol–water partition coefficient (Wildman–Crippen LogP) is 3.51. The summed E-state index contributed by atoms with van der Waals surface area (Å²) in [5.74, 6) is -0.0133. The average Bonchev–Trinajstić information content (AvgIpc) is 3.04. The number of nitrogens with zero attached hydrogens (tertiary/aromatic N) is 1. The monoisotopic (exact) mass is 363 g/mol. The van der Waals surface area contributed by atoms with Crippen LogP contribution in [0, 0.1) is 29.6 Å². The van der Waals surface area contributed by atoms with E-state index in [2.05, 4.69) is 6.08 Å². The van der Waals surface area contributed by atoms with E-state index in [4.69, 9.17) is 0 Å². The molecule has 4 heteroatoms. The number of allylic oxidation sites excluding steroid dienone is 2. The molecule has 5 rings (SSSR count). The van der Waals surface area contributed by atoms with Crippen LogP contribution < -0.4 is 0 Å². The first-order chi connectivity index (χ1) is 13.1. The molecule has 27 heavy (non-hydrogen) atoms. The number of rotatable bonds is 3. The van der Waals surface area contributed by atoms with Crippen molar-refractivity contribution in [3.63, 3.8) is 0 Å². The number of benzene rings is 1. The number of ketones is 1. The second-order valence-electron chi connectivity index (χ2n) is 8.64. The largest absolute Gasteiger partial charge is 0.295 e. The lowest BCUT2D eigenvalue weighted by Gasteiger charge is -2.41. The van der Waals surface area contributed by atoms with E-state index in [0.29, 0.717) is 18.9 Å². The summed E-state index contributed by atoms with van der Waals surface area (Å²) in [4.78, 5) is 40.0. The SMILES string of the molecule is O=C1C[C@H]2[C@@H]3C(=O)N(Cc4ccccc4)C(=O)[C@@H]3[C@H]2/C1=C\C1CCCCC1. The third-order valence-electron chi connectivity index (χ3n) is 7.15. The summed E-state index contributed by atoms with van der Waals surface area (Å²) in [6, 6.07) is 9.67. The van der Waals surface area contributed by atoms with Crippen LogP contribution in [0.3, 0.4) is 0 Å². The molecule has 140 valence electrons. The number of imide groups is 1. The molecule has 3 saturated carbocycles. The Morgan fingerprint density at radius 2 is 1.59 bits per heavy atom. The fourth-order valence-electron chi connectivity index (χ4n) is 5.82.